The first kappa shape index (κ1) is 19.1. The molecule has 0 amide bonds. The molecule has 2 rings (SSSR count). The van der Waals surface area contributed by atoms with Gasteiger partial charge >= 0.3 is 8.03 Å². The van der Waals surface area contributed by atoms with Crippen LogP contribution < -0.4 is 5.11 Å². The van der Waals surface area contributed by atoms with Gasteiger partial charge in [-0.05, 0) is 4.57 Å². The fourth-order valence-corrected chi connectivity index (χ4v) is 3.67. The van der Waals surface area contributed by atoms with E-state index in [1.807, 2.05) is 0 Å². The van der Waals surface area contributed by atoms with Crippen molar-refractivity contribution in [3.8, 4) is 0 Å². The molecule has 9 heteroatoms. The fraction of sp³-hybridized carbons (Fsp3) is 1.00. The van der Waals surface area contributed by atoms with Gasteiger partial charge in [0.2, 0.25) is 0 Å². The van der Waals surface area contributed by atoms with E-state index in [1.54, 1.807) is 0 Å². The molecule has 0 bridgehead atoms. The Balaban J connectivity index is 1.96. The fourth-order valence-electron chi connectivity index (χ4n) is 3.07. The Hall–Kier alpha value is -0.180. The Bertz CT molecular complexity index is 398. The summed E-state index contributed by atoms with van der Waals surface area (Å²) >= 11 is 0. The molecule has 8 nitrogen and oxygen atoms in total. The van der Waals surface area contributed by atoms with Gasteiger partial charge in [-0.3, -0.25) is 0 Å². The molecule has 1 aliphatic carbocycles. The predicted molar refractivity (Wildman–Crippen MR) is 77.9 cm³/mol. The van der Waals surface area contributed by atoms with Gasteiger partial charge < -0.3 is 29.9 Å². The molecule has 0 spiro atoms. The molecule has 1 saturated carbocycles. The van der Waals surface area contributed by atoms with Crippen LogP contribution in [0, 0.1) is 0 Å². The van der Waals surface area contributed by atoms with Crippen molar-refractivity contribution in [2.45, 2.75) is 68.4 Å². The highest BCUT2D eigenvalue weighted by molar-refractivity contribution is 7.38. The summed E-state index contributed by atoms with van der Waals surface area (Å²) in [4.78, 5) is 0. The summed E-state index contributed by atoms with van der Waals surface area (Å²) in [5.41, 5.74) is -1.21. The molecule has 23 heavy (non-hydrogen) atoms. The van der Waals surface area contributed by atoms with E-state index in [0.29, 0.717) is 12.8 Å². The molecule has 0 radical (unpaired) electrons. The predicted octanol–water partition coefficient (Wildman–Crippen LogP) is -0.737. The van der Waals surface area contributed by atoms with E-state index in [4.69, 9.17) is 14.0 Å². The zero-order chi connectivity index (χ0) is 17.0. The summed E-state index contributed by atoms with van der Waals surface area (Å²) in [5.74, 6) is 0. The van der Waals surface area contributed by atoms with Crippen molar-refractivity contribution >= 4 is 8.03 Å². The highest BCUT2D eigenvalue weighted by Gasteiger charge is 2.48. The lowest BCUT2D eigenvalue weighted by atomic mass is 9.85. The first-order valence-corrected chi connectivity index (χ1v) is 9.51. The van der Waals surface area contributed by atoms with Crippen molar-refractivity contribution in [3.63, 3.8) is 0 Å². The second-order valence-electron chi connectivity index (χ2n) is 6.27. The quantitative estimate of drug-likeness (QED) is 0.533. The molecule has 0 aromatic rings. The van der Waals surface area contributed by atoms with E-state index in [-0.39, 0.29) is 6.61 Å². The van der Waals surface area contributed by atoms with Crippen LogP contribution in [-0.4, -0.2) is 71.5 Å². The third-order valence-corrected chi connectivity index (χ3v) is 4.91. The SMILES string of the molecule is C[P+](=O)OC1C(CO)OC(OCC2([O-])CCCCC2)C(O)C1O. The Morgan fingerprint density at radius 2 is 1.91 bits per heavy atom. The first-order chi connectivity index (χ1) is 10.9. The molecule has 0 aromatic carbocycles. The van der Waals surface area contributed by atoms with Gasteiger partial charge in [0.05, 0.1) is 6.61 Å². The summed E-state index contributed by atoms with van der Waals surface area (Å²) in [5, 5.41) is 42.0. The molecule has 2 fully saturated rings. The third-order valence-electron chi connectivity index (χ3n) is 4.37. The molecule has 6 atom stereocenters. The van der Waals surface area contributed by atoms with Crippen LogP contribution >= 0.6 is 8.03 Å². The molecule has 2 aliphatic rings. The molecule has 1 saturated heterocycles. The minimum absolute atomic E-state index is 0.132. The average Bonchev–Trinajstić information content (AvgIpc) is 2.51. The minimum Gasteiger partial charge on any atom is -0.848 e. The van der Waals surface area contributed by atoms with Crippen LogP contribution in [0.4, 0.5) is 0 Å². The lowest BCUT2D eigenvalue weighted by Crippen LogP contribution is -2.61. The van der Waals surface area contributed by atoms with E-state index >= 15 is 0 Å². The Kier molecular flexibility index (Phi) is 6.88. The summed E-state index contributed by atoms with van der Waals surface area (Å²) in [6.45, 7) is 0.670. The molecule has 134 valence electrons. The summed E-state index contributed by atoms with van der Waals surface area (Å²) in [7, 11) is -2.05. The molecule has 6 unspecified atom stereocenters. The van der Waals surface area contributed by atoms with Crippen molar-refractivity contribution in [1.82, 2.24) is 0 Å². The second kappa shape index (κ2) is 8.27. The maximum absolute atomic E-state index is 12.5. The monoisotopic (exact) mass is 352 g/mol. The Morgan fingerprint density at radius 3 is 2.48 bits per heavy atom. The van der Waals surface area contributed by atoms with Crippen LogP contribution in [0.2, 0.25) is 0 Å². The zero-order valence-electron chi connectivity index (χ0n) is 13.2. The normalized spacial score (nSPS) is 38.3. The van der Waals surface area contributed by atoms with Gasteiger partial charge in [-0.1, -0.05) is 37.7 Å². The summed E-state index contributed by atoms with van der Waals surface area (Å²) < 4.78 is 27.0. The number of hydrogen-bond donors (Lipinski definition) is 3. The van der Waals surface area contributed by atoms with E-state index in [2.05, 4.69) is 0 Å². The smallest absolute Gasteiger partial charge is 0.505 e. The average molecular weight is 352 g/mol. The van der Waals surface area contributed by atoms with Crippen LogP contribution in [-0.2, 0) is 18.6 Å². The van der Waals surface area contributed by atoms with E-state index in [1.165, 1.54) is 6.66 Å². The highest BCUT2D eigenvalue weighted by Crippen LogP contribution is 2.32. The van der Waals surface area contributed by atoms with Crippen LogP contribution in [0.25, 0.3) is 0 Å². The number of aliphatic hydroxyl groups excluding tert-OH is 3. The highest BCUT2D eigenvalue weighted by atomic mass is 31.1. The lowest BCUT2D eigenvalue weighted by Gasteiger charge is -2.46. The van der Waals surface area contributed by atoms with Crippen molar-refractivity contribution < 1.29 is 39.0 Å². The standard InChI is InChI=1S/C14H25O8P/c1-23(19)22-12-9(7-15)21-13(11(17)10(12)16)20-8-14(18)5-3-2-4-6-14/h9-13,15-17H,2-8H2,1H3. The molecule has 1 heterocycles. The van der Waals surface area contributed by atoms with Gasteiger partial charge in [0.25, 0.3) is 0 Å². The maximum atomic E-state index is 12.5. The second-order valence-corrected chi connectivity index (χ2v) is 7.36. The Morgan fingerprint density at radius 1 is 1.26 bits per heavy atom. The van der Waals surface area contributed by atoms with E-state index < -0.39 is 50.9 Å². The summed E-state index contributed by atoms with van der Waals surface area (Å²) in [6.07, 6.45) is -2.50. The molecular formula is C14H25O8P. The van der Waals surface area contributed by atoms with Crippen LogP contribution in [0.5, 0.6) is 0 Å². The largest absolute Gasteiger partial charge is 0.848 e. The van der Waals surface area contributed by atoms with Gasteiger partial charge in [-0.25, -0.2) is 0 Å². The van der Waals surface area contributed by atoms with Crippen molar-refractivity contribution in [2.75, 3.05) is 19.9 Å². The van der Waals surface area contributed by atoms with Crippen LogP contribution in [0.1, 0.15) is 32.1 Å². The molecule has 0 aromatic heterocycles. The van der Waals surface area contributed by atoms with Gasteiger partial charge in [-0.2, -0.15) is 0 Å². The lowest BCUT2D eigenvalue weighted by molar-refractivity contribution is -0.497. The number of aliphatic hydroxyl groups is 3. The minimum atomic E-state index is -2.05. The van der Waals surface area contributed by atoms with Crippen molar-refractivity contribution in [1.29, 1.82) is 0 Å². The molecule has 3 N–H and O–H groups in total. The summed E-state index contributed by atoms with van der Waals surface area (Å²) in [6, 6.07) is 0. The van der Waals surface area contributed by atoms with Gasteiger partial charge in [0.1, 0.15) is 18.3 Å². The first-order valence-electron chi connectivity index (χ1n) is 7.88. The third kappa shape index (κ3) is 4.90. The van der Waals surface area contributed by atoms with E-state index in [9.17, 15) is 25.0 Å². The van der Waals surface area contributed by atoms with Gasteiger partial charge in [0.15, 0.2) is 19.1 Å². The van der Waals surface area contributed by atoms with Crippen LogP contribution in [0.3, 0.4) is 0 Å². The number of hydrogen-bond acceptors (Lipinski definition) is 8. The molecular weight excluding hydrogens is 327 g/mol. The van der Waals surface area contributed by atoms with Crippen molar-refractivity contribution in [2.24, 2.45) is 0 Å². The van der Waals surface area contributed by atoms with Crippen molar-refractivity contribution in [3.05, 3.63) is 0 Å². The number of rotatable bonds is 6. The topological polar surface area (TPSA) is 129 Å². The number of ether oxygens (including phenoxy) is 2. The zero-order valence-corrected chi connectivity index (χ0v) is 14.1. The maximum Gasteiger partial charge on any atom is 0.505 e. The molecule has 1 aliphatic heterocycles. The van der Waals surface area contributed by atoms with Gasteiger partial charge in [-0.15, -0.1) is 4.52 Å². The Labute approximate surface area is 136 Å². The van der Waals surface area contributed by atoms with Gasteiger partial charge in [0, 0.05) is 6.61 Å². The van der Waals surface area contributed by atoms with E-state index in [0.717, 1.165) is 19.3 Å². The van der Waals surface area contributed by atoms with Crippen LogP contribution in [0.15, 0.2) is 0 Å².